The van der Waals surface area contributed by atoms with Gasteiger partial charge in [-0.3, -0.25) is 4.72 Å². The summed E-state index contributed by atoms with van der Waals surface area (Å²) >= 11 is 3.32. The third kappa shape index (κ3) is 6.49. The molecule has 0 atom stereocenters. The maximum absolute atomic E-state index is 13.0. The zero-order valence-corrected chi connectivity index (χ0v) is 22.3. The van der Waals surface area contributed by atoms with Crippen molar-refractivity contribution in [3.63, 3.8) is 0 Å². The molecule has 0 bridgehead atoms. The van der Waals surface area contributed by atoms with E-state index >= 15 is 0 Å². The Balaban J connectivity index is 1.49. The van der Waals surface area contributed by atoms with Gasteiger partial charge in [-0.1, -0.05) is 15.9 Å². The molecule has 2 heterocycles. The Morgan fingerprint density at radius 1 is 0.861 bits per heavy atom. The second-order valence-corrected chi connectivity index (χ2v) is 10.4. The molecule has 2 aromatic carbocycles. The summed E-state index contributed by atoms with van der Waals surface area (Å²) in [5.74, 6) is 2.75. The van der Waals surface area contributed by atoms with Gasteiger partial charge in [0.15, 0.2) is 0 Å². The molecule has 4 rings (SSSR count). The van der Waals surface area contributed by atoms with Gasteiger partial charge >= 0.3 is 0 Å². The molecule has 0 saturated heterocycles. The third-order valence-electron chi connectivity index (χ3n) is 4.91. The van der Waals surface area contributed by atoms with Crippen molar-refractivity contribution in [2.75, 3.05) is 22.0 Å². The van der Waals surface area contributed by atoms with Crippen LogP contribution in [0.25, 0.3) is 0 Å². The Bertz CT molecular complexity index is 1480. The van der Waals surface area contributed by atoms with Crippen molar-refractivity contribution in [2.24, 2.45) is 0 Å². The number of aromatic nitrogens is 3. The van der Waals surface area contributed by atoms with Gasteiger partial charge in [0, 0.05) is 28.1 Å². The predicted molar refractivity (Wildman–Crippen MR) is 145 cm³/mol. The summed E-state index contributed by atoms with van der Waals surface area (Å²) in [6, 6.07) is 17.3. The Morgan fingerprint density at radius 3 is 2.25 bits per heavy atom. The highest BCUT2D eigenvalue weighted by molar-refractivity contribution is 9.10. The van der Waals surface area contributed by atoms with Gasteiger partial charge in [0.05, 0.1) is 6.61 Å². The van der Waals surface area contributed by atoms with E-state index < -0.39 is 10.0 Å². The molecule has 0 fully saturated rings. The van der Waals surface area contributed by atoms with Crippen LogP contribution in [0.3, 0.4) is 0 Å². The number of nitrogens with one attached hydrogen (secondary N) is 3. The van der Waals surface area contributed by atoms with Gasteiger partial charge in [-0.15, -0.1) is 0 Å². The first kappa shape index (κ1) is 25.4. The van der Waals surface area contributed by atoms with Crippen molar-refractivity contribution < 1.29 is 13.2 Å². The first-order valence-corrected chi connectivity index (χ1v) is 13.4. The van der Waals surface area contributed by atoms with E-state index in [4.69, 9.17) is 4.74 Å². The van der Waals surface area contributed by atoms with Crippen molar-refractivity contribution in [1.82, 2.24) is 15.0 Å². The van der Waals surface area contributed by atoms with Gasteiger partial charge in [-0.2, -0.15) is 0 Å². The molecule has 0 aliphatic heterocycles. The lowest BCUT2D eigenvalue weighted by Gasteiger charge is -2.14. The van der Waals surface area contributed by atoms with Crippen LogP contribution in [0.2, 0.25) is 0 Å². The van der Waals surface area contributed by atoms with E-state index in [2.05, 4.69) is 46.2 Å². The van der Waals surface area contributed by atoms with Gasteiger partial charge in [0.2, 0.25) is 0 Å². The van der Waals surface area contributed by atoms with Gasteiger partial charge in [-0.25, -0.2) is 23.4 Å². The quantitative estimate of drug-likeness (QED) is 0.227. The van der Waals surface area contributed by atoms with Crippen molar-refractivity contribution in [2.45, 2.75) is 25.7 Å². The normalized spacial score (nSPS) is 11.1. The SMILES string of the molecule is CCOc1ccc(Br)cc1S(=O)(=O)Nc1ccc(Nc2cc(Nc3cc(C)ccn3)nc(C)n2)cc1. The van der Waals surface area contributed by atoms with Crippen LogP contribution in [0.4, 0.5) is 28.8 Å². The van der Waals surface area contributed by atoms with Gasteiger partial charge in [-0.05, 0) is 80.9 Å². The van der Waals surface area contributed by atoms with Gasteiger partial charge in [0.1, 0.15) is 33.9 Å². The standard InChI is InChI=1S/C25H25BrN6O3S/c1-4-35-21-10-5-18(26)14-22(21)36(33,34)32-20-8-6-19(7-9-20)30-24-15-25(29-17(3)28-24)31-23-13-16(2)11-12-27-23/h5-15,32H,4H2,1-3H3,(H2,27,28,29,30,31). The Hall–Kier alpha value is -3.70. The van der Waals surface area contributed by atoms with Crippen LogP contribution < -0.4 is 20.1 Å². The fourth-order valence-electron chi connectivity index (χ4n) is 3.38. The monoisotopic (exact) mass is 568 g/mol. The number of pyridine rings is 1. The molecule has 0 radical (unpaired) electrons. The number of aryl methyl sites for hydroxylation is 2. The largest absolute Gasteiger partial charge is 0.492 e. The average Bonchev–Trinajstić information content (AvgIpc) is 2.81. The molecule has 0 amide bonds. The number of anilines is 5. The molecule has 0 saturated carbocycles. The van der Waals surface area contributed by atoms with E-state index in [0.717, 1.165) is 11.3 Å². The molecule has 3 N–H and O–H groups in total. The molecule has 2 aromatic heterocycles. The number of rotatable bonds is 9. The summed E-state index contributed by atoms with van der Waals surface area (Å²) in [7, 11) is -3.86. The lowest BCUT2D eigenvalue weighted by atomic mass is 10.3. The van der Waals surface area contributed by atoms with Crippen molar-refractivity contribution in [1.29, 1.82) is 0 Å². The minimum atomic E-state index is -3.86. The number of benzene rings is 2. The number of ether oxygens (including phenoxy) is 1. The average molecular weight is 569 g/mol. The van der Waals surface area contributed by atoms with Crippen LogP contribution in [-0.4, -0.2) is 30.0 Å². The van der Waals surface area contributed by atoms with E-state index in [0.29, 0.717) is 40.0 Å². The van der Waals surface area contributed by atoms with Crippen LogP contribution in [-0.2, 0) is 10.0 Å². The maximum Gasteiger partial charge on any atom is 0.265 e. The first-order chi connectivity index (χ1) is 17.2. The Kier molecular flexibility index (Phi) is 7.70. The van der Waals surface area contributed by atoms with E-state index in [1.165, 1.54) is 6.07 Å². The first-order valence-electron chi connectivity index (χ1n) is 11.1. The molecule has 0 unspecified atom stereocenters. The topological polar surface area (TPSA) is 118 Å². The minimum Gasteiger partial charge on any atom is -0.492 e. The zero-order chi connectivity index (χ0) is 25.7. The molecule has 36 heavy (non-hydrogen) atoms. The predicted octanol–water partition coefficient (Wildman–Crippen LogP) is 5.94. The molecule has 0 aliphatic carbocycles. The molecule has 4 aromatic rings. The maximum atomic E-state index is 13.0. The number of sulfonamides is 1. The van der Waals surface area contributed by atoms with Crippen molar-refractivity contribution in [3.05, 3.63) is 82.7 Å². The van der Waals surface area contributed by atoms with Crippen LogP contribution >= 0.6 is 15.9 Å². The van der Waals surface area contributed by atoms with E-state index in [-0.39, 0.29) is 10.6 Å². The highest BCUT2D eigenvalue weighted by Crippen LogP contribution is 2.30. The second-order valence-electron chi connectivity index (χ2n) is 7.86. The van der Waals surface area contributed by atoms with E-state index in [1.54, 1.807) is 62.5 Å². The summed E-state index contributed by atoms with van der Waals surface area (Å²) in [4.78, 5) is 13.2. The van der Waals surface area contributed by atoms with Crippen LogP contribution in [0.1, 0.15) is 18.3 Å². The van der Waals surface area contributed by atoms with Crippen LogP contribution in [0.15, 0.2) is 76.2 Å². The molecular weight excluding hydrogens is 544 g/mol. The van der Waals surface area contributed by atoms with E-state index in [9.17, 15) is 8.42 Å². The highest BCUT2D eigenvalue weighted by atomic mass is 79.9. The summed E-state index contributed by atoms with van der Waals surface area (Å²) in [6.07, 6.45) is 1.73. The number of hydrogen-bond donors (Lipinski definition) is 3. The Labute approximate surface area is 218 Å². The minimum absolute atomic E-state index is 0.0560. The molecule has 11 heteroatoms. The van der Waals surface area contributed by atoms with E-state index in [1.807, 2.05) is 19.1 Å². The lowest BCUT2D eigenvalue weighted by Crippen LogP contribution is -2.14. The van der Waals surface area contributed by atoms with Gasteiger partial charge < -0.3 is 15.4 Å². The lowest BCUT2D eigenvalue weighted by molar-refractivity contribution is 0.331. The zero-order valence-electron chi connectivity index (χ0n) is 19.9. The fraction of sp³-hybridized carbons (Fsp3) is 0.160. The number of hydrogen-bond acceptors (Lipinski definition) is 8. The van der Waals surface area contributed by atoms with Crippen LogP contribution in [0.5, 0.6) is 5.75 Å². The third-order valence-corrected chi connectivity index (χ3v) is 6.81. The second kappa shape index (κ2) is 10.9. The molecule has 186 valence electrons. The number of nitrogens with zero attached hydrogens (tertiary/aromatic N) is 3. The van der Waals surface area contributed by atoms with Crippen LogP contribution in [0, 0.1) is 13.8 Å². The molecule has 0 spiro atoms. The summed E-state index contributed by atoms with van der Waals surface area (Å²) < 4.78 is 34.8. The Morgan fingerprint density at radius 2 is 1.56 bits per heavy atom. The van der Waals surface area contributed by atoms with Crippen molar-refractivity contribution >= 4 is 54.8 Å². The smallest absolute Gasteiger partial charge is 0.265 e. The molecular formula is C25H25BrN6O3S. The van der Waals surface area contributed by atoms with Gasteiger partial charge in [0.25, 0.3) is 10.0 Å². The molecule has 9 nitrogen and oxygen atoms in total. The summed E-state index contributed by atoms with van der Waals surface area (Å²) in [5, 5.41) is 6.41. The number of halogens is 1. The summed E-state index contributed by atoms with van der Waals surface area (Å²) in [5.41, 5.74) is 2.23. The fourth-order valence-corrected chi connectivity index (χ4v) is 5.12. The molecule has 0 aliphatic rings. The highest BCUT2D eigenvalue weighted by Gasteiger charge is 2.20. The summed E-state index contributed by atoms with van der Waals surface area (Å²) in [6.45, 7) is 5.95. The van der Waals surface area contributed by atoms with Crippen molar-refractivity contribution in [3.8, 4) is 5.75 Å².